The molecule has 0 amide bonds. The minimum Gasteiger partial charge on any atom is -0.465 e. The van der Waals surface area contributed by atoms with Gasteiger partial charge >= 0.3 is 5.97 Å². The van der Waals surface area contributed by atoms with E-state index in [1.54, 1.807) is 25.1 Å². The molecule has 0 spiro atoms. The van der Waals surface area contributed by atoms with Crippen molar-refractivity contribution >= 4 is 50.6 Å². The summed E-state index contributed by atoms with van der Waals surface area (Å²) < 4.78 is 7.00. The summed E-state index contributed by atoms with van der Waals surface area (Å²) in [6, 6.07) is 8.96. The average molecular weight is 399 g/mol. The number of esters is 1. The Balaban J connectivity index is 2.54. The molecule has 28 heavy (non-hydrogen) atoms. The standard InChI is InChI=1S/C22H23ClN2O3/c1-6-28-19(26)12-25-18-11-14(13(2)3)7-8-15(18)22(27)16-9-10-17(23)21(20(16)25)24(4)5/h7-11H,2,6,12H2,1,3-5H3. The largest absolute Gasteiger partial charge is 0.465 e. The summed E-state index contributed by atoms with van der Waals surface area (Å²) >= 11 is 6.47. The van der Waals surface area contributed by atoms with E-state index in [1.165, 1.54) is 0 Å². The molecular formula is C22H23ClN2O3. The molecule has 0 N–H and O–H groups in total. The van der Waals surface area contributed by atoms with Crippen molar-refractivity contribution in [1.29, 1.82) is 0 Å². The molecule has 0 saturated carbocycles. The van der Waals surface area contributed by atoms with E-state index in [9.17, 15) is 9.59 Å². The van der Waals surface area contributed by atoms with Crippen LogP contribution in [0.15, 0.2) is 41.7 Å². The number of nitrogens with zero attached hydrogens (tertiary/aromatic N) is 2. The van der Waals surface area contributed by atoms with Crippen molar-refractivity contribution in [3.63, 3.8) is 0 Å². The number of pyridine rings is 1. The summed E-state index contributed by atoms with van der Waals surface area (Å²) in [6.45, 7) is 7.91. The molecule has 1 heterocycles. The normalized spacial score (nSPS) is 11.0. The molecule has 0 aliphatic rings. The lowest BCUT2D eigenvalue weighted by Gasteiger charge is -2.22. The Labute approximate surface area is 168 Å². The summed E-state index contributed by atoms with van der Waals surface area (Å²) in [4.78, 5) is 27.4. The van der Waals surface area contributed by atoms with Crippen LogP contribution in [0, 0.1) is 0 Å². The maximum Gasteiger partial charge on any atom is 0.325 e. The lowest BCUT2D eigenvalue weighted by atomic mass is 10.0. The highest BCUT2D eigenvalue weighted by Gasteiger charge is 2.20. The first-order valence-electron chi connectivity index (χ1n) is 9.03. The number of carbonyl (C=O) groups excluding carboxylic acids is 1. The first-order valence-corrected chi connectivity index (χ1v) is 9.41. The van der Waals surface area contributed by atoms with E-state index in [0.717, 1.165) is 11.1 Å². The molecule has 0 unspecified atom stereocenters. The number of halogens is 1. The molecule has 0 aliphatic carbocycles. The third-order valence-electron chi connectivity index (χ3n) is 4.68. The van der Waals surface area contributed by atoms with Crippen LogP contribution >= 0.6 is 11.6 Å². The van der Waals surface area contributed by atoms with Gasteiger partial charge in [-0.1, -0.05) is 29.8 Å². The maximum atomic E-state index is 13.2. The number of ether oxygens (including phenoxy) is 1. The number of allylic oxidation sites excluding steroid dienone is 1. The Morgan fingerprint density at radius 2 is 1.89 bits per heavy atom. The van der Waals surface area contributed by atoms with Gasteiger partial charge in [0.25, 0.3) is 0 Å². The van der Waals surface area contributed by atoms with Gasteiger partial charge in [-0.15, -0.1) is 0 Å². The summed E-state index contributed by atoms with van der Waals surface area (Å²) in [6.07, 6.45) is 0. The zero-order valence-corrected chi connectivity index (χ0v) is 17.3. The summed E-state index contributed by atoms with van der Waals surface area (Å²) in [5.41, 5.74) is 3.62. The highest BCUT2D eigenvalue weighted by molar-refractivity contribution is 6.35. The first-order chi connectivity index (χ1) is 13.3. The van der Waals surface area contributed by atoms with E-state index in [1.807, 2.05) is 42.6 Å². The van der Waals surface area contributed by atoms with Gasteiger partial charge < -0.3 is 14.2 Å². The van der Waals surface area contributed by atoms with Crippen molar-refractivity contribution in [2.45, 2.75) is 20.4 Å². The fraction of sp³-hybridized carbons (Fsp3) is 0.273. The van der Waals surface area contributed by atoms with Crippen LogP contribution < -0.4 is 10.3 Å². The van der Waals surface area contributed by atoms with Gasteiger partial charge in [-0.2, -0.15) is 0 Å². The van der Waals surface area contributed by atoms with Crippen molar-refractivity contribution < 1.29 is 9.53 Å². The molecule has 146 valence electrons. The minimum atomic E-state index is -0.376. The molecule has 0 fully saturated rings. The Morgan fingerprint density at radius 1 is 1.21 bits per heavy atom. The fourth-order valence-electron chi connectivity index (χ4n) is 3.41. The predicted molar refractivity (Wildman–Crippen MR) is 116 cm³/mol. The monoisotopic (exact) mass is 398 g/mol. The fourth-order valence-corrected chi connectivity index (χ4v) is 3.74. The van der Waals surface area contributed by atoms with Crippen molar-refractivity contribution in [3.05, 3.63) is 57.7 Å². The summed E-state index contributed by atoms with van der Waals surface area (Å²) in [7, 11) is 3.71. The van der Waals surface area contributed by atoms with E-state index in [-0.39, 0.29) is 24.5 Å². The van der Waals surface area contributed by atoms with Crippen molar-refractivity contribution in [2.75, 3.05) is 25.6 Å². The Hall–Kier alpha value is -2.79. The second kappa shape index (κ2) is 7.68. The Bertz CT molecular complexity index is 1160. The van der Waals surface area contributed by atoms with Crippen molar-refractivity contribution in [1.82, 2.24) is 4.57 Å². The van der Waals surface area contributed by atoms with Crippen molar-refractivity contribution in [3.8, 4) is 0 Å². The topological polar surface area (TPSA) is 51.5 Å². The lowest BCUT2D eigenvalue weighted by molar-refractivity contribution is -0.143. The zero-order valence-electron chi connectivity index (χ0n) is 16.5. The van der Waals surface area contributed by atoms with Crippen LogP contribution in [0.1, 0.15) is 19.4 Å². The third-order valence-corrected chi connectivity index (χ3v) is 4.99. The molecule has 0 aliphatic heterocycles. The molecule has 5 nitrogen and oxygen atoms in total. The Morgan fingerprint density at radius 3 is 2.50 bits per heavy atom. The number of hydrogen-bond acceptors (Lipinski definition) is 4. The second-order valence-corrected chi connectivity index (χ2v) is 7.33. The summed E-state index contributed by atoms with van der Waals surface area (Å²) in [5.74, 6) is -0.376. The van der Waals surface area contributed by atoms with Gasteiger partial charge in [-0.25, -0.2) is 0 Å². The van der Waals surface area contributed by atoms with Crippen LogP contribution in [-0.2, 0) is 16.1 Å². The van der Waals surface area contributed by atoms with Crippen LogP contribution in [0.3, 0.4) is 0 Å². The van der Waals surface area contributed by atoms with Crippen LogP contribution in [0.4, 0.5) is 5.69 Å². The molecular weight excluding hydrogens is 376 g/mol. The molecule has 0 saturated heterocycles. The van der Waals surface area contributed by atoms with Gasteiger partial charge in [0, 0.05) is 24.9 Å². The smallest absolute Gasteiger partial charge is 0.325 e. The number of benzene rings is 2. The number of anilines is 1. The van der Waals surface area contributed by atoms with E-state index >= 15 is 0 Å². The number of carbonyl (C=O) groups is 1. The van der Waals surface area contributed by atoms with Gasteiger partial charge in [0.15, 0.2) is 5.43 Å². The van der Waals surface area contributed by atoms with E-state index in [2.05, 4.69) is 6.58 Å². The predicted octanol–water partition coefficient (Wildman–Crippen LogP) is 4.47. The van der Waals surface area contributed by atoms with Crippen molar-refractivity contribution in [2.24, 2.45) is 0 Å². The summed E-state index contributed by atoms with van der Waals surface area (Å²) in [5, 5.41) is 1.55. The van der Waals surface area contributed by atoms with Crippen LogP contribution in [-0.4, -0.2) is 31.2 Å². The second-order valence-electron chi connectivity index (χ2n) is 6.92. The number of hydrogen-bond donors (Lipinski definition) is 0. The number of fused-ring (bicyclic) bond motifs is 2. The molecule has 0 radical (unpaired) electrons. The molecule has 2 aromatic carbocycles. The minimum absolute atomic E-state index is 0.0258. The molecule has 0 bridgehead atoms. The van der Waals surface area contributed by atoms with Crippen LogP contribution in [0.5, 0.6) is 0 Å². The molecule has 6 heteroatoms. The molecule has 0 atom stereocenters. The lowest BCUT2D eigenvalue weighted by Crippen LogP contribution is -2.21. The molecule has 3 aromatic rings. The average Bonchev–Trinajstić information content (AvgIpc) is 2.64. The quantitative estimate of drug-likeness (QED) is 0.470. The van der Waals surface area contributed by atoms with Crippen LogP contribution in [0.25, 0.3) is 27.4 Å². The zero-order chi connectivity index (χ0) is 20.6. The van der Waals surface area contributed by atoms with E-state index in [0.29, 0.717) is 32.5 Å². The van der Waals surface area contributed by atoms with Crippen LogP contribution in [0.2, 0.25) is 5.02 Å². The number of rotatable bonds is 5. The molecule has 1 aromatic heterocycles. The highest BCUT2D eigenvalue weighted by Crippen LogP contribution is 2.34. The number of aromatic nitrogens is 1. The van der Waals surface area contributed by atoms with E-state index in [4.69, 9.17) is 16.3 Å². The highest BCUT2D eigenvalue weighted by atomic mass is 35.5. The first kappa shape index (κ1) is 20.0. The Kier molecular flexibility index (Phi) is 5.47. The van der Waals surface area contributed by atoms with Gasteiger partial charge in [-0.05, 0) is 43.7 Å². The molecule has 3 rings (SSSR count). The van der Waals surface area contributed by atoms with Gasteiger partial charge in [0.2, 0.25) is 0 Å². The van der Waals surface area contributed by atoms with Gasteiger partial charge in [0.1, 0.15) is 6.54 Å². The van der Waals surface area contributed by atoms with Gasteiger partial charge in [0.05, 0.1) is 28.4 Å². The maximum absolute atomic E-state index is 13.2. The van der Waals surface area contributed by atoms with Gasteiger partial charge in [-0.3, -0.25) is 9.59 Å². The van der Waals surface area contributed by atoms with E-state index < -0.39 is 0 Å². The SMILES string of the molecule is C=C(C)c1ccc2c(=O)c3ccc(Cl)c(N(C)C)c3n(CC(=O)OCC)c2c1. The third kappa shape index (κ3) is 3.38.